The first-order chi connectivity index (χ1) is 10.1. The Bertz CT molecular complexity index is 506. The number of esters is 1. The number of ether oxygens (including phenoxy) is 1. The molecule has 1 aliphatic rings. The Morgan fingerprint density at radius 1 is 1.62 bits per heavy atom. The van der Waals surface area contributed by atoms with Crippen LogP contribution in [0.3, 0.4) is 0 Å². The summed E-state index contributed by atoms with van der Waals surface area (Å²) >= 11 is 0. The molecular weight excluding hydrogens is 268 g/mol. The van der Waals surface area contributed by atoms with Crippen LogP contribution >= 0.6 is 0 Å². The van der Waals surface area contributed by atoms with Crippen LogP contribution in [0.2, 0.25) is 0 Å². The molecule has 21 heavy (non-hydrogen) atoms. The highest BCUT2D eigenvalue weighted by Gasteiger charge is 2.24. The summed E-state index contributed by atoms with van der Waals surface area (Å²) in [5.41, 5.74) is 6.49. The van der Waals surface area contributed by atoms with E-state index in [0.29, 0.717) is 17.3 Å². The van der Waals surface area contributed by atoms with Crippen molar-refractivity contribution in [3.8, 4) is 0 Å². The second kappa shape index (κ2) is 6.76. The van der Waals surface area contributed by atoms with Crippen LogP contribution in [0.1, 0.15) is 30.1 Å². The summed E-state index contributed by atoms with van der Waals surface area (Å²) in [6, 6.07) is 2.24. The minimum Gasteiger partial charge on any atom is -0.465 e. The molecule has 2 heterocycles. The highest BCUT2D eigenvalue weighted by molar-refractivity contribution is 5.95. The number of aromatic nitrogens is 1. The van der Waals surface area contributed by atoms with Crippen LogP contribution in [-0.4, -0.2) is 55.7 Å². The second-order valence-electron chi connectivity index (χ2n) is 5.43. The lowest BCUT2D eigenvalue weighted by molar-refractivity contribution is 0.0602. The van der Waals surface area contributed by atoms with Crippen LogP contribution in [-0.2, 0) is 4.74 Å². The molecule has 6 nitrogen and oxygen atoms in total. The molecule has 0 saturated carbocycles. The van der Waals surface area contributed by atoms with Crippen molar-refractivity contribution in [3.63, 3.8) is 0 Å². The number of methoxy groups -OCH3 is 1. The van der Waals surface area contributed by atoms with Gasteiger partial charge in [0.2, 0.25) is 0 Å². The number of pyridine rings is 1. The fourth-order valence-corrected chi connectivity index (χ4v) is 2.88. The minimum absolute atomic E-state index is 0.343. The molecule has 1 aliphatic heterocycles. The predicted octanol–water partition coefficient (Wildman–Crippen LogP) is 1.37. The zero-order valence-corrected chi connectivity index (χ0v) is 13.0. The highest BCUT2D eigenvalue weighted by atomic mass is 16.5. The molecule has 1 saturated heterocycles. The van der Waals surface area contributed by atoms with Crippen molar-refractivity contribution in [1.29, 1.82) is 0 Å². The number of carbonyl (C=O) groups excluding carboxylic acids is 1. The first-order valence-corrected chi connectivity index (χ1v) is 7.35. The third-order valence-electron chi connectivity index (χ3n) is 4.11. The lowest BCUT2D eigenvalue weighted by Gasteiger charge is -2.28. The van der Waals surface area contributed by atoms with Crippen molar-refractivity contribution in [2.45, 2.75) is 25.8 Å². The average molecular weight is 292 g/mol. The molecule has 0 aromatic carbocycles. The molecule has 2 N–H and O–H groups in total. The molecule has 0 amide bonds. The summed E-state index contributed by atoms with van der Waals surface area (Å²) in [5, 5.41) is 0. The molecule has 1 aromatic heterocycles. The van der Waals surface area contributed by atoms with Crippen molar-refractivity contribution >= 4 is 17.5 Å². The van der Waals surface area contributed by atoms with E-state index in [2.05, 4.69) is 21.7 Å². The van der Waals surface area contributed by atoms with E-state index in [-0.39, 0.29) is 0 Å². The van der Waals surface area contributed by atoms with Gasteiger partial charge in [-0.15, -0.1) is 0 Å². The molecule has 0 aliphatic carbocycles. The maximum absolute atomic E-state index is 11.7. The Labute approximate surface area is 125 Å². The molecule has 0 spiro atoms. The fourth-order valence-electron chi connectivity index (χ4n) is 2.88. The summed E-state index contributed by atoms with van der Waals surface area (Å²) < 4.78 is 4.75. The van der Waals surface area contributed by atoms with Crippen molar-refractivity contribution < 1.29 is 9.53 Å². The molecule has 6 heteroatoms. The normalized spacial score (nSPS) is 18.7. The first kappa shape index (κ1) is 15.6. The third kappa shape index (κ3) is 3.44. The van der Waals surface area contributed by atoms with Crippen molar-refractivity contribution in [2.24, 2.45) is 0 Å². The van der Waals surface area contributed by atoms with Crippen molar-refractivity contribution in [3.05, 3.63) is 17.8 Å². The number of nitrogen functional groups attached to an aromatic ring is 1. The Morgan fingerprint density at radius 2 is 2.38 bits per heavy atom. The number of anilines is 2. The number of nitrogens with two attached hydrogens (primary N) is 1. The SMILES string of the molecule is CCN1CCCC1CN(C)c1cc(C(=O)OC)c(N)cn1. The number of likely N-dealkylation sites (tertiary alicyclic amines) is 1. The summed E-state index contributed by atoms with van der Waals surface area (Å²) in [4.78, 5) is 20.6. The van der Waals surface area contributed by atoms with E-state index in [1.54, 1.807) is 6.07 Å². The number of nitrogens with zero attached hydrogens (tertiary/aromatic N) is 3. The molecule has 116 valence electrons. The van der Waals surface area contributed by atoms with Gasteiger partial charge in [0.15, 0.2) is 0 Å². The van der Waals surface area contributed by atoms with E-state index in [1.165, 1.54) is 26.1 Å². The fraction of sp³-hybridized carbons (Fsp3) is 0.600. The topological polar surface area (TPSA) is 71.7 Å². The maximum atomic E-state index is 11.7. The first-order valence-electron chi connectivity index (χ1n) is 7.35. The van der Waals surface area contributed by atoms with Crippen molar-refractivity contribution in [1.82, 2.24) is 9.88 Å². The molecule has 1 fully saturated rings. The van der Waals surface area contributed by atoms with Gasteiger partial charge in [-0.2, -0.15) is 0 Å². The van der Waals surface area contributed by atoms with Crippen LogP contribution in [0.4, 0.5) is 11.5 Å². The molecule has 1 atom stereocenters. The van der Waals surface area contributed by atoms with Crippen LogP contribution < -0.4 is 10.6 Å². The quantitative estimate of drug-likeness (QED) is 0.827. The van der Waals surface area contributed by atoms with E-state index in [1.807, 2.05) is 7.05 Å². The summed E-state index contributed by atoms with van der Waals surface area (Å²) in [5.74, 6) is 0.313. The lowest BCUT2D eigenvalue weighted by atomic mass is 10.2. The van der Waals surface area contributed by atoms with Gasteiger partial charge < -0.3 is 15.4 Å². The standard InChI is InChI=1S/C15H24N4O2/c1-4-19-7-5-6-11(19)10-18(2)14-8-12(15(20)21-3)13(16)9-17-14/h8-9,11H,4-7,10,16H2,1-3H3. The van der Waals surface area contributed by atoms with Gasteiger partial charge in [0.1, 0.15) is 5.82 Å². The molecule has 0 bridgehead atoms. The third-order valence-corrected chi connectivity index (χ3v) is 4.11. The zero-order valence-electron chi connectivity index (χ0n) is 13.0. The van der Waals surface area contributed by atoms with Crippen LogP contribution in [0.15, 0.2) is 12.3 Å². The van der Waals surface area contributed by atoms with Gasteiger partial charge in [-0.05, 0) is 32.0 Å². The monoisotopic (exact) mass is 292 g/mol. The van der Waals surface area contributed by atoms with Crippen LogP contribution in [0.25, 0.3) is 0 Å². The van der Waals surface area contributed by atoms with Gasteiger partial charge in [0.05, 0.1) is 24.6 Å². The summed E-state index contributed by atoms with van der Waals surface area (Å²) in [6.07, 6.45) is 3.97. The van der Waals surface area contributed by atoms with Gasteiger partial charge >= 0.3 is 5.97 Å². The van der Waals surface area contributed by atoms with Gasteiger partial charge in [-0.25, -0.2) is 9.78 Å². The van der Waals surface area contributed by atoms with E-state index in [9.17, 15) is 4.79 Å². The molecule has 0 radical (unpaired) electrons. The molecular formula is C15H24N4O2. The van der Waals surface area contributed by atoms with Gasteiger partial charge in [-0.1, -0.05) is 6.92 Å². The van der Waals surface area contributed by atoms with Gasteiger partial charge in [-0.3, -0.25) is 4.90 Å². The molecule has 1 unspecified atom stereocenters. The van der Waals surface area contributed by atoms with E-state index >= 15 is 0 Å². The van der Waals surface area contributed by atoms with E-state index in [0.717, 1.165) is 25.5 Å². The Morgan fingerprint density at radius 3 is 3.05 bits per heavy atom. The van der Waals surface area contributed by atoms with Gasteiger partial charge in [0.25, 0.3) is 0 Å². The molecule has 1 aromatic rings. The summed E-state index contributed by atoms with van der Waals surface area (Å²) in [6.45, 7) is 5.32. The minimum atomic E-state index is -0.430. The number of rotatable bonds is 5. The van der Waals surface area contributed by atoms with Crippen LogP contribution in [0.5, 0.6) is 0 Å². The van der Waals surface area contributed by atoms with E-state index in [4.69, 9.17) is 10.5 Å². The Balaban J connectivity index is 2.12. The average Bonchev–Trinajstić information content (AvgIpc) is 2.94. The van der Waals surface area contributed by atoms with E-state index < -0.39 is 5.97 Å². The van der Waals surface area contributed by atoms with Gasteiger partial charge in [0, 0.05) is 19.6 Å². The largest absolute Gasteiger partial charge is 0.465 e. The highest BCUT2D eigenvalue weighted by Crippen LogP contribution is 2.22. The second-order valence-corrected chi connectivity index (χ2v) is 5.43. The Kier molecular flexibility index (Phi) is 5.01. The number of likely N-dealkylation sites (N-methyl/N-ethyl adjacent to an activating group) is 2. The maximum Gasteiger partial charge on any atom is 0.340 e. The summed E-state index contributed by atoms with van der Waals surface area (Å²) in [7, 11) is 3.34. The zero-order chi connectivity index (χ0) is 15.4. The van der Waals surface area contributed by atoms with Crippen LogP contribution in [0, 0.1) is 0 Å². The molecule has 2 rings (SSSR count). The Hall–Kier alpha value is -1.82. The lowest BCUT2D eigenvalue weighted by Crippen LogP contribution is -2.39. The predicted molar refractivity (Wildman–Crippen MR) is 83.5 cm³/mol. The number of hydrogen-bond donors (Lipinski definition) is 1. The number of carbonyl (C=O) groups is 1. The van der Waals surface area contributed by atoms with Crippen molar-refractivity contribution in [2.75, 3.05) is 44.4 Å². The smallest absolute Gasteiger partial charge is 0.340 e. The number of hydrogen-bond acceptors (Lipinski definition) is 6.